The highest BCUT2D eigenvalue weighted by atomic mass is 32.1. The van der Waals surface area contributed by atoms with Gasteiger partial charge in [0, 0.05) is 30.9 Å². The lowest BCUT2D eigenvalue weighted by atomic mass is 9.52. The highest BCUT2D eigenvalue weighted by Gasteiger charge is 2.62. The van der Waals surface area contributed by atoms with Crippen LogP contribution in [-0.2, 0) is 21.7 Å². The number of benzene rings is 16. The first-order chi connectivity index (χ1) is 50.6. The minimum atomic E-state index is -0.475. The summed E-state index contributed by atoms with van der Waals surface area (Å²) in [6.45, 7) is 0. The number of hydrogen-bond acceptors (Lipinski definition) is 2. The van der Waals surface area contributed by atoms with E-state index in [2.05, 4.69) is 352 Å². The van der Waals surface area contributed by atoms with Crippen molar-refractivity contribution in [2.24, 2.45) is 0 Å². The maximum atomic E-state index is 6.19. The SMILES string of the molecule is c1ccc(C23c4ccccc4-c4cccc(c42)C2(c4ccccc4-c4cc(-c5ccc6oc7ccccc7c6c5)ccc42)c2ccccc23)cc1.c1ccc(C23c4ccccc4-c4cccc(c42)C2(c4ccccc4-c4cc(-c5ccc6sc7ccccc7c6c5)ccc42)c2ccccc23)cc1. The standard InChI is InChI=1S/C50H30O.C50H30S/c2*1-2-13-33(14-3-1)49-40-19-7-4-15-34(40)37-18-12-23-45(48(37)49)50(44-22-10-9-21-43(44)49)41-20-8-5-16-35(41)38-29-31(25-27-42(38)50)32-26-28-47-39(30-32)36-17-6-11-24-46(36)51-47/h2*1-30H. The van der Waals surface area contributed by atoms with Gasteiger partial charge in [-0.1, -0.05) is 315 Å². The molecule has 4 atom stereocenters. The van der Waals surface area contributed by atoms with E-state index in [4.69, 9.17) is 4.42 Å². The van der Waals surface area contributed by atoms with Crippen LogP contribution in [0.25, 0.3) is 109 Å². The maximum Gasteiger partial charge on any atom is 0.135 e. The lowest BCUT2D eigenvalue weighted by Gasteiger charge is -2.48. The molecule has 18 aromatic rings. The Morgan fingerprint density at radius 2 is 0.520 bits per heavy atom. The summed E-state index contributed by atoms with van der Waals surface area (Å²) in [4.78, 5) is 0. The van der Waals surface area contributed by atoms with Crippen molar-refractivity contribution in [2.75, 3.05) is 0 Å². The Morgan fingerprint density at radius 3 is 1.04 bits per heavy atom. The van der Waals surface area contributed by atoms with Gasteiger partial charge in [0.15, 0.2) is 0 Å². The summed E-state index contributed by atoms with van der Waals surface area (Å²) in [6, 6.07) is 137. The van der Waals surface area contributed by atoms with Crippen molar-refractivity contribution in [2.45, 2.75) is 21.7 Å². The van der Waals surface area contributed by atoms with Gasteiger partial charge in [-0.2, -0.15) is 0 Å². The third kappa shape index (κ3) is 6.93. The molecule has 472 valence electrons. The fourth-order valence-electron chi connectivity index (χ4n) is 20.7. The largest absolute Gasteiger partial charge is 0.456 e. The number of rotatable bonds is 4. The molecule has 2 aromatic heterocycles. The summed E-state index contributed by atoms with van der Waals surface area (Å²) in [5.41, 5.74) is 37.5. The van der Waals surface area contributed by atoms with Crippen LogP contribution in [0.4, 0.5) is 0 Å². The first-order valence-corrected chi connectivity index (χ1v) is 36.5. The van der Waals surface area contributed by atoms with E-state index in [1.54, 1.807) is 0 Å². The molecule has 6 aliphatic carbocycles. The molecule has 0 aliphatic heterocycles. The Morgan fingerprint density at radius 1 is 0.186 bits per heavy atom. The number of furan rings is 1. The Balaban J connectivity index is 0.000000126. The Bertz CT molecular complexity index is 6260. The molecule has 0 radical (unpaired) electrons. The van der Waals surface area contributed by atoms with Crippen LogP contribution in [0.2, 0.25) is 0 Å². The third-order valence-corrected chi connectivity index (χ3v) is 25.5. The first kappa shape index (κ1) is 56.4. The summed E-state index contributed by atoms with van der Waals surface area (Å²) in [5, 5.41) is 4.98. The molecule has 4 unspecified atom stereocenters. The summed E-state index contributed by atoms with van der Waals surface area (Å²) in [7, 11) is 0. The van der Waals surface area contributed by atoms with E-state index in [9.17, 15) is 0 Å². The van der Waals surface area contributed by atoms with E-state index in [0.29, 0.717) is 0 Å². The van der Waals surface area contributed by atoms with Crippen molar-refractivity contribution in [3.05, 3.63) is 453 Å². The van der Waals surface area contributed by atoms with E-state index in [0.717, 1.165) is 21.9 Å². The van der Waals surface area contributed by atoms with Crippen LogP contribution in [0.5, 0.6) is 0 Å². The van der Waals surface area contributed by atoms with Gasteiger partial charge in [-0.05, 0) is 204 Å². The van der Waals surface area contributed by atoms with E-state index in [1.807, 2.05) is 23.5 Å². The van der Waals surface area contributed by atoms with Crippen molar-refractivity contribution >= 4 is 53.4 Å². The zero-order chi connectivity index (χ0) is 66.6. The Kier molecular flexibility index (Phi) is 11.4. The molecule has 24 rings (SSSR count). The molecule has 2 spiro atoms. The molecule has 0 amide bonds. The van der Waals surface area contributed by atoms with Gasteiger partial charge in [-0.3, -0.25) is 0 Å². The molecular weight excluding hydrogens is 1250 g/mol. The molecular formula is C100H60OS. The summed E-state index contributed by atoms with van der Waals surface area (Å²) >= 11 is 1.88. The van der Waals surface area contributed by atoms with Crippen molar-refractivity contribution in [3.63, 3.8) is 0 Å². The second kappa shape index (κ2) is 20.6. The van der Waals surface area contributed by atoms with Crippen molar-refractivity contribution in [3.8, 4) is 66.8 Å². The summed E-state index contributed by atoms with van der Waals surface area (Å²) in [5.74, 6) is 0. The first-order valence-electron chi connectivity index (χ1n) is 35.7. The topological polar surface area (TPSA) is 13.1 Å². The van der Waals surface area contributed by atoms with Crippen LogP contribution < -0.4 is 0 Å². The number of para-hydroxylation sites is 1. The van der Waals surface area contributed by atoms with E-state index >= 15 is 0 Å². The quantitative estimate of drug-likeness (QED) is 0.171. The average molecular weight is 1310 g/mol. The molecule has 2 heterocycles. The van der Waals surface area contributed by atoms with Gasteiger partial charge in [-0.25, -0.2) is 0 Å². The summed E-state index contributed by atoms with van der Waals surface area (Å²) in [6.07, 6.45) is 0. The van der Waals surface area contributed by atoms with Gasteiger partial charge < -0.3 is 4.42 Å². The minimum absolute atomic E-state index is 0.415. The molecule has 0 saturated heterocycles. The molecule has 2 heteroatoms. The molecule has 0 fully saturated rings. The monoisotopic (exact) mass is 1310 g/mol. The van der Waals surface area contributed by atoms with Crippen LogP contribution in [0, 0.1) is 0 Å². The molecule has 0 saturated carbocycles. The fraction of sp³-hybridized carbons (Fsp3) is 0.0400. The molecule has 1 nitrogen and oxygen atoms in total. The van der Waals surface area contributed by atoms with Crippen molar-refractivity contribution in [1.82, 2.24) is 0 Å². The predicted octanol–water partition coefficient (Wildman–Crippen LogP) is 25.1. The van der Waals surface area contributed by atoms with Gasteiger partial charge in [0.25, 0.3) is 0 Å². The van der Waals surface area contributed by atoms with Gasteiger partial charge in [0.1, 0.15) is 11.2 Å². The van der Waals surface area contributed by atoms with Gasteiger partial charge in [-0.15, -0.1) is 11.3 Å². The second-order valence-electron chi connectivity index (χ2n) is 28.6. The Labute approximate surface area is 595 Å². The van der Waals surface area contributed by atoms with Crippen molar-refractivity contribution in [1.29, 1.82) is 0 Å². The lowest BCUT2D eigenvalue weighted by Crippen LogP contribution is -2.43. The molecule has 102 heavy (non-hydrogen) atoms. The average Bonchev–Trinajstić information content (AvgIpc) is 1.45. The van der Waals surface area contributed by atoms with Gasteiger partial charge >= 0.3 is 0 Å². The van der Waals surface area contributed by atoms with Crippen LogP contribution in [0.1, 0.15) is 89.0 Å². The molecule has 0 N–H and O–H groups in total. The zero-order valence-corrected chi connectivity index (χ0v) is 56.3. The van der Waals surface area contributed by atoms with Crippen LogP contribution in [0.3, 0.4) is 0 Å². The number of fused-ring (bicyclic) bond motifs is 30. The van der Waals surface area contributed by atoms with Crippen molar-refractivity contribution < 1.29 is 4.42 Å². The third-order valence-electron chi connectivity index (χ3n) is 24.3. The zero-order valence-electron chi connectivity index (χ0n) is 55.5. The van der Waals surface area contributed by atoms with Crippen LogP contribution >= 0.6 is 11.3 Å². The van der Waals surface area contributed by atoms with Crippen LogP contribution in [0.15, 0.2) is 368 Å². The van der Waals surface area contributed by atoms with E-state index < -0.39 is 21.7 Å². The molecule has 6 aliphatic rings. The molecule has 0 bridgehead atoms. The highest BCUT2D eigenvalue weighted by Crippen LogP contribution is 2.71. The lowest BCUT2D eigenvalue weighted by molar-refractivity contribution is 0.636. The number of hydrogen-bond donors (Lipinski definition) is 0. The van der Waals surface area contributed by atoms with E-state index in [1.165, 1.54) is 176 Å². The maximum absolute atomic E-state index is 6.19. The fourth-order valence-corrected chi connectivity index (χ4v) is 21.7. The predicted molar refractivity (Wildman–Crippen MR) is 420 cm³/mol. The Hall–Kier alpha value is -12.5. The van der Waals surface area contributed by atoms with Crippen LogP contribution in [-0.4, -0.2) is 0 Å². The van der Waals surface area contributed by atoms with Gasteiger partial charge in [0.05, 0.1) is 21.7 Å². The van der Waals surface area contributed by atoms with Gasteiger partial charge in [0.2, 0.25) is 0 Å². The molecule has 16 aromatic carbocycles. The smallest absolute Gasteiger partial charge is 0.135 e. The highest BCUT2D eigenvalue weighted by molar-refractivity contribution is 7.25. The number of thiophene rings is 1. The van der Waals surface area contributed by atoms with E-state index in [-0.39, 0.29) is 0 Å². The minimum Gasteiger partial charge on any atom is -0.456 e. The summed E-state index contributed by atoms with van der Waals surface area (Å²) < 4.78 is 8.87. The normalized spacial score (nSPS) is 18.7. The second-order valence-corrected chi connectivity index (χ2v) is 29.7.